The number of halogens is 1. The van der Waals surface area contributed by atoms with E-state index in [2.05, 4.69) is 27.9 Å². The van der Waals surface area contributed by atoms with Crippen LogP contribution < -0.4 is 10.1 Å². The van der Waals surface area contributed by atoms with E-state index in [0.29, 0.717) is 18.7 Å². The Morgan fingerprint density at radius 3 is 2.27 bits per heavy atom. The van der Waals surface area contributed by atoms with E-state index in [1.807, 2.05) is 85.8 Å². The Morgan fingerprint density at radius 1 is 0.919 bits per heavy atom. The molecule has 0 radical (unpaired) electrons. The topological polar surface area (TPSA) is 58.6 Å². The average Bonchev–Trinajstić information content (AvgIpc) is 2.92. The van der Waals surface area contributed by atoms with Crippen LogP contribution in [0.3, 0.4) is 0 Å². The quantitative estimate of drug-likeness (QED) is 0.284. The van der Waals surface area contributed by atoms with E-state index in [4.69, 9.17) is 4.74 Å². The van der Waals surface area contributed by atoms with Gasteiger partial charge in [0.1, 0.15) is 11.8 Å². The molecule has 1 aliphatic rings. The Balaban J connectivity index is 1.59. The number of rotatable bonds is 10. The van der Waals surface area contributed by atoms with Crippen molar-refractivity contribution in [1.82, 2.24) is 10.2 Å². The van der Waals surface area contributed by atoms with Crippen molar-refractivity contribution in [2.75, 3.05) is 6.61 Å². The Kier molecular flexibility index (Phi) is 9.99. The third-order valence-electron chi connectivity index (χ3n) is 6.87. The van der Waals surface area contributed by atoms with E-state index < -0.39 is 6.04 Å². The minimum absolute atomic E-state index is 0.0921. The van der Waals surface area contributed by atoms with Gasteiger partial charge in [0.2, 0.25) is 5.91 Å². The number of carbonyl (C=O) groups excluding carboxylic acids is 2. The molecule has 3 aromatic carbocycles. The SMILES string of the molecule is Cc1ccc(CN(C(=O)COc2ccc(I)cc2)C(Cc2ccccc2)C(=O)NC2CCCCC2)cc1. The molecular formula is C31H35IN2O3. The van der Waals surface area contributed by atoms with Gasteiger partial charge in [-0.15, -0.1) is 0 Å². The van der Waals surface area contributed by atoms with Crippen LogP contribution in [-0.2, 0) is 22.6 Å². The lowest BCUT2D eigenvalue weighted by Crippen LogP contribution is -2.53. The van der Waals surface area contributed by atoms with E-state index in [9.17, 15) is 9.59 Å². The summed E-state index contributed by atoms with van der Waals surface area (Å²) in [6, 6.07) is 25.2. The van der Waals surface area contributed by atoms with Crippen molar-refractivity contribution in [3.63, 3.8) is 0 Å². The zero-order valence-electron chi connectivity index (χ0n) is 21.4. The molecule has 37 heavy (non-hydrogen) atoms. The molecule has 194 valence electrons. The zero-order chi connectivity index (χ0) is 26.0. The molecule has 0 aromatic heterocycles. The third kappa shape index (κ3) is 8.32. The number of ether oxygens (including phenoxy) is 1. The minimum atomic E-state index is -0.640. The summed E-state index contributed by atoms with van der Waals surface area (Å²) >= 11 is 2.24. The Labute approximate surface area is 233 Å². The van der Waals surface area contributed by atoms with Gasteiger partial charge in [-0.25, -0.2) is 0 Å². The molecule has 1 unspecified atom stereocenters. The highest BCUT2D eigenvalue weighted by atomic mass is 127. The van der Waals surface area contributed by atoms with Gasteiger partial charge in [-0.2, -0.15) is 0 Å². The van der Waals surface area contributed by atoms with Crippen molar-refractivity contribution in [2.24, 2.45) is 0 Å². The van der Waals surface area contributed by atoms with Crippen molar-refractivity contribution in [1.29, 1.82) is 0 Å². The summed E-state index contributed by atoms with van der Waals surface area (Å²) in [5.74, 6) is 0.333. The fourth-order valence-electron chi connectivity index (χ4n) is 4.75. The van der Waals surface area contributed by atoms with Crippen LogP contribution in [0.5, 0.6) is 5.75 Å². The highest BCUT2D eigenvalue weighted by molar-refractivity contribution is 14.1. The summed E-state index contributed by atoms with van der Waals surface area (Å²) in [5, 5.41) is 3.27. The minimum Gasteiger partial charge on any atom is -0.484 e. The van der Waals surface area contributed by atoms with Crippen molar-refractivity contribution in [2.45, 2.75) is 64.1 Å². The molecular weight excluding hydrogens is 575 g/mol. The molecule has 0 saturated heterocycles. The monoisotopic (exact) mass is 610 g/mol. The van der Waals surface area contributed by atoms with Crippen LogP contribution in [0.2, 0.25) is 0 Å². The van der Waals surface area contributed by atoms with E-state index >= 15 is 0 Å². The first-order valence-corrected chi connectivity index (χ1v) is 14.1. The van der Waals surface area contributed by atoms with Gasteiger partial charge in [-0.05, 0) is 77.7 Å². The standard InChI is InChI=1S/C31H35IN2O3/c1-23-12-14-25(15-13-23)21-34(30(35)22-37-28-18-16-26(32)17-19-28)29(20-24-8-4-2-5-9-24)31(36)33-27-10-6-3-7-11-27/h2,4-5,8-9,12-19,27,29H,3,6-7,10-11,20-22H2,1H3,(H,33,36). The normalized spacial score (nSPS) is 14.5. The number of carbonyl (C=O) groups is 2. The Morgan fingerprint density at radius 2 is 1.59 bits per heavy atom. The number of aryl methyl sites for hydroxylation is 1. The molecule has 5 nitrogen and oxygen atoms in total. The second kappa shape index (κ2) is 13.6. The molecule has 0 spiro atoms. The Bertz CT molecular complexity index is 1140. The van der Waals surface area contributed by atoms with Crippen molar-refractivity contribution < 1.29 is 14.3 Å². The first-order chi connectivity index (χ1) is 18.0. The second-order valence-electron chi connectivity index (χ2n) is 9.80. The first kappa shape index (κ1) is 27.2. The van der Waals surface area contributed by atoms with E-state index in [0.717, 1.165) is 45.9 Å². The van der Waals surface area contributed by atoms with Gasteiger partial charge in [0.05, 0.1) is 0 Å². The molecule has 0 aliphatic heterocycles. The van der Waals surface area contributed by atoms with Crippen molar-refractivity contribution in [3.8, 4) is 5.75 Å². The van der Waals surface area contributed by atoms with Crippen LogP contribution in [0.25, 0.3) is 0 Å². The van der Waals surface area contributed by atoms with Crippen molar-refractivity contribution in [3.05, 3.63) is 99.1 Å². The molecule has 1 atom stereocenters. The fourth-order valence-corrected chi connectivity index (χ4v) is 5.11. The summed E-state index contributed by atoms with van der Waals surface area (Å²) in [7, 11) is 0. The molecule has 3 aromatic rings. The molecule has 4 rings (SSSR count). The molecule has 1 aliphatic carbocycles. The lowest BCUT2D eigenvalue weighted by Gasteiger charge is -2.33. The summed E-state index contributed by atoms with van der Waals surface area (Å²) in [6.45, 7) is 2.25. The second-order valence-corrected chi connectivity index (χ2v) is 11.0. The molecule has 2 amide bonds. The summed E-state index contributed by atoms with van der Waals surface area (Å²) < 4.78 is 6.96. The maximum Gasteiger partial charge on any atom is 0.261 e. The van der Waals surface area contributed by atoms with Gasteiger partial charge < -0.3 is 15.0 Å². The summed E-state index contributed by atoms with van der Waals surface area (Å²) in [4.78, 5) is 29.2. The van der Waals surface area contributed by atoms with Gasteiger partial charge in [0.15, 0.2) is 6.61 Å². The third-order valence-corrected chi connectivity index (χ3v) is 7.59. The van der Waals surface area contributed by atoms with Gasteiger partial charge in [0, 0.05) is 22.6 Å². The van der Waals surface area contributed by atoms with Crippen LogP contribution in [-0.4, -0.2) is 35.4 Å². The van der Waals surface area contributed by atoms with Gasteiger partial charge in [-0.1, -0.05) is 79.4 Å². The van der Waals surface area contributed by atoms with E-state index in [-0.39, 0.29) is 24.5 Å². The van der Waals surface area contributed by atoms with Crippen molar-refractivity contribution >= 4 is 34.4 Å². The van der Waals surface area contributed by atoms with Crippen LogP contribution >= 0.6 is 22.6 Å². The molecule has 0 heterocycles. The van der Waals surface area contributed by atoms with Crippen LogP contribution in [0.4, 0.5) is 0 Å². The van der Waals surface area contributed by atoms with E-state index in [1.54, 1.807) is 4.90 Å². The molecule has 1 N–H and O–H groups in total. The van der Waals surface area contributed by atoms with E-state index in [1.165, 1.54) is 6.42 Å². The smallest absolute Gasteiger partial charge is 0.261 e. The predicted octanol–water partition coefficient (Wildman–Crippen LogP) is 6.07. The van der Waals surface area contributed by atoms with Gasteiger partial charge in [0.25, 0.3) is 5.91 Å². The predicted molar refractivity (Wildman–Crippen MR) is 155 cm³/mol. The Hall–Kier alpha value is -2.87. The highest BCUT2D eigenvalue weighted by Gasteiger charge is 2.32. The lowest BCUT2D eigenvalue weighted by atomic mass is 9.94. The van der Waals surface area contributed by atoms with Crippen LogP contribution in [0, 0.1) is 10.5 Å². The number of hydrogen-bond acceptors (Lipinski definition) is 3. The number of nitrogens with zero attached hydrogens (tertiary/aromatic N) is 1. The first-order valence-electron chi connectivity index (χ1n) is 13.1. The van der Waals surface area contributed by atoms with Gasteiger partial charge in [-0.3, -0.25) is 9.59 Å². The largest absolute Gasteiger partial charge is 0.484 e. The molecule has 6 heteroatoms. The number of nitrogens with one attached hydrogen (secondary N) is 1. The summed E-state index contributed by atoms with van der Waals surface area (Å²) in [6.07, 6.45) is 5.90. The van der Waals surface area contributed by atoms with Gasteiger partial charge >= 0.3 is 0 Å². The number of hydrogen-bond donors (Lipinski definition) is 1. The molecule has 0 bridgehead atoms. The zero-order valence-corrected chi connectivity index (χ0v) is 23.5. The molecule has 1 fully saturated rings. The lowest BCUT2D eigenvalue weighted by molar-refractivity contribution is -0.143. The number of benzene rings is 3. The average molecular weight is 611 g/mol. The maximum atomic E-state index is 13.8. The van der Waals surface area contributed by atoms with Crippen LogP contribution in [0.15, 0.2) is 78.9 Å². The van der Waals surface area contributed by atoms with Crippen LogP contribution in [0.1, 0.15) is 48.8 Å². The molecule has 1 saturated carbocycles. The summed E-state index contributed by atoms with van der Waals surface area (Å²) in [5.41, 5.74) is 3.16. The maximum absolute atomic E-state index is 13.8. The fraction of sp³-hybridized carbons (Fsp3) is 0.355. The number of amides is 2. The highest BCUT2D eigenvalue weighted by Crippen LogP contribution is 2.20.